The van der Waals surface area contributed by atoms with Crippen molar-refractivity contribution in [2.75, 3.05) is 7.11 Å². The second-order valence-corrected chi connectivity index (χ2v) is 5.01. The Labute approximate surface area is 143 Å². The Balaban J connectivity index is 2.30. The first-order valence-electron chi connectivity index (χ1n) is 7.40. The van der Waals surface area contributed by atoms with Crippen molar-refractivity contribution in [2.45, 2.75) is 20.1 Å². The standard InChI is InChI=1S/C18H17F2NO4/c1-12-7-3-6-10-15(12)24-11-13-8-4-5-9-14(13)16(17(22)23-2)21-25-18(19)20/h3-10,18H,11H2,1-2H3/b21-16-. The number of para-hydroxylation sites is 1. The molecule has 0 fully saturated rings. The van der Waals surface area contributed by atoms with Crippen molar-refractivity contribution in [1.29, 1.82) is 0 Å². The Morgan fingerprint density at radius 2 is 1.80 bits per heavy atom. The van der Waals surface area contributed by atoms with Crippen LogP contribution in [-0.2, 0) is 21.0 Å². The lowest BCUT2D eigenvalue weighted by Crippen LogP contribution is -2.20. The summed E-state index contributed by atoms with van der Waals surface area (Å²) in [4.78, 5) is 15.8. The molecule has 0 unspecified atom stereocenters. The van der Waals surface area contributed by atoms with Crippen LogP contribution in [0.1, 0.15) is 16.7 Å². The average Bonchev–Trinajstić information content (AvgIpc) is 2.61. The summed E-state index contributed by atoms with van der Waals surface area (Å²) in [5.41, 5.74) is 1.46. The zero-order valence-corrected chi connectivity index (χ0v) is 13.7. The number of esters is 1. The van der Waals surface area contributed by atoms with E-state index in [1.807, 2.05) is 31.2 Å². The number of rotatable bonds is 7. The minimum Gasteiger partial charge on any atom is -0.489 e. The van der Waals surface area contributed by atoms with E-state index in [2.05, 4.69) is 14.7 Å². The summed E-state index contributed by atoms with van der Waals surface area (Å²) in [7, 11) is 1.13. The Hall–Kier alpha value is -2.96. The lowest BCUT2D eigenvalue weighted by Gasteiger charge is -2.13. The van der Waals surface area contributed by atoms with Crippen molar-refractivity contribution in [2.24, 2.45) is 5.16 Å². The van der Waals surface area contributed by atoms with Crippen LogP contribution in [0.2, 0.25) is 0 Å². The summed E-state index contributed by atoms with van der Waals surface area (Å²) >= 11 is 0. The monoisotopic (exact) mass is 349 g/mol. The predicted molar refractivity (Wildman–Crippen MR) is 87.6 cm³/mol. The highest BCUT2D eigenvalue weighted by Crippen LogP contribution is 2.20. The van der Waals surface area contributed by atoms with Gasteiger partial charge in [-0.1, -0.05) is 47.6 Å². The molecule has 0 spiro atoms. The minimum absolute atomic E-state index is 0.117. The summed E-state index contributed by atoms with van der Waals surface area (Å²) in [5.74, 6) is -0.207. The molecule has 2 rings (SSSR count). The van der Waals surface area contributed by atoms with Gasteiger partial charge in [-0.2, -0.15) is 8.78 Å². The molecule has 132 valence electrons. The molecule has 0 aromatic heterocycles. The molecule has 2 aromatic rings. The number of halogens is 2. The minimum atomic E-state index is -3.14. The molecule has 5 nitrogen and oxygen atoms in total. The van der Waals surface area contributed by atoms with Gasteiger partial charge in [-0.05, 0) is 24.1 Å². The molecule has 0 N–H and O–H groups in total. The molecular formula is C18H17F2NO4. The fourth-order valence-electron chi connectivity index (χ4n) is 2.14. The number of methoxy groups -OCH3 is 1. The number of benzene rings is 2. The van der Waals surface area contributed by atoms with Crippen LogP contribution in [0.3, 0.4) is 0 Å². The molecule has 0 aliphatic carbocycles. The molecule has 25 heavy (non-hydrogen) atoms. The quantitative estimate of drug-likeness (QED) is 0.435. The van der Waals surface area contributed by atoms with E-state index in [1.165, 1.54) is 0 Å². The summed E-state index contributed by atoms with van der Waals surface area (Å²) < 4.78 is 34.9. The highest BCUT2D eigenvalue weighted by atomic mass is 19.3. The third-order valence-corrected chi connectivity index (χ3v) is 3.35. The first-order valence-corrected chi connectivity index (χ1v) is 7.40. The highest BCUT2D eigenvalue weighted by Gasteiger charge is 2.20. The Morgan fingerprint density at radius 3 is 2.48 bits per heavy atom. The van der Waals surface area contributed by atoms with Crippen LogP contribution in [-0.4, -0.2) is 25.4 Å². The first-order chi connectivity index (χ1) is 12.0. The van der Waals surface area contributed by atoms with E-state index in [1.54, 1.807) is 24.3 Å². The van der Waals surface area contributed by atoms with Gasteiger partial charge in [-0.15, -0.1) is 0 Å². The van der Waals surface area contributed by atoms with Gasteiger partial charge in [0.1, 0.15) is 12.4 Å². The fourth-order valence-corrected chi connectivity index (χ4v) is 2.14. The van der Waals surface area contributed by atoms with Crippen molar-refractivity contribution >= 4 is 11.7 Å². The molecule has 0 saturated carbocycles. The van der Waals surface area contributed by atoms with E-state index in [-0.39, 0.29) is 12.3 Å². The van der Waals surface area contributed by atoms with Crippen molar-refractivity contribution < 1.29 is 27.9 Å². The lowest BCUT2D eigenvalue weighted by atomic mass is 10.0. The van der Waals surface area contributed by atoms with E-state index in [0.29, 0.717) is 16.9 Å². The van der Waals surface area contributed by atoms with Gasteiger partial charge in [0.25, 0.3) is 0 Å². The zero-order valence-electron chi connectivity index (χ0n) is 13.7. The van der Waals surface area contributed by atoms with Gasteiger partial charge >= 0.3 is 12.6 Å². The number of ether oxygens (including phenoxy) is 2. The third kappa shape index (κ3) is 5.00. The van der Waals surface area contributed by atoms with E-state index >= 15 is 0 Å². The van der Waals surface area contributed by atoms with Crippen LogP contribution >= 0.6 is 0 Å². The number of nitrogens with zero attached hydrogens (tertiary/aromatic N) is 1. The van der Waals surface area contributed by atoms with Gasteiger partial charge in [-0.25, -0.2) is 4.79 Å². The molecule has 0 radical (unpaired) electrons. The Kier molecular flexibility index (Phi) is 6.45. The molecular weight excluding hydrogens is 332 g/mol. The maximum atomic E-state index is 12.3. The summed E-state index contributed by atoms with van der Waals surface area (Å²) in [6, 6.07) is 14.1. The Bertz CT molecular complexity index is 762. The van der Waals surface area contributed by atoms with Crippen LogP contribution in [0.15, 0.2) is 53.7 Å². The molecule has 0 amide bonds. The van der Waals surface area contributed by atoms with E-state index in [9.17, 15) is 13.6 Å². The van der Waals surface area contributed by atoms with Crippen LogP contribution < -0.4 is 4.74 Å². The molecule has 0 aliphatic heterocycles. The second-order valence-electron chi connectivity index (χ2n) is 5.01. The first kappa shape index (κ1) is 18.4. The number of hydrogen-bond donors (Lipinski definition) is 0. The van der Waals surface area contributed by atoms with Crippen LogP contribution in [0, 0.1) is 6.92 Å². The number of oxime groups is 1. The topological polar surface area (TPSA) is 57.1 Å². The van der Waals surface area contributed by atoms with Crippen LogP contribution in [0.4, 0.5) is 8.78 Å². The van der Waals surface area contributed by atoms with Gasteiger partial charge < -0.3 is 14.3 Å². The predicted octanol–water partition coefficient (Wildman–Crippen LogP) is 3.69. The van der Waals surface area contributed by atoms with Gasteiger partial charge in [0.05, 0.1) is 7.11 Å². The van der Waals surface area contributed by atoms with Gasteiger partial charge in [-0.3, -0.25) is 0 Å². The smallest absolute Gasteiger partial charge is 0.407 e. The molecule has 0 heterocycles. The number of aryl methyl sites for hydroxylation is 1. The number of alkyl halides is 2. The summed E-state index contributed by atoms with van der Waals surface area (Å²) in [5, 5.41) is 3.23. The molecule has 0 bridgehead atoms. The molecule has 0 atom stereocenters. The highest BCUT2D eigenvalue weighted by molar-refractivity contribution is 6.43. The van der Waals surface area contributed by atoms with E-state index in [4.69, 9.17) is 4.74 Å². The van der Waals surface area contributed by atoms with Crippen molar-refractivity contribution in [3.8, 4) is 5.75 Å². The average molecular weight is 349 g/mol. The van der Waals surface area contributed by atoms with Gasteiger partial charge in [0.2, 0.25) is 0 Å². The third-order valence-electron chi connectivity index (χ3n) is 3.35. The lowest BCUT2D eigenvalue weighted by molar-refractivity contribution is -0.136. The molecule has 2 aromatic carbocycles. The fraction of sp³-hybridized carbons (Fsp3) is 0.222. The number of carbonyl (C=O) groups excluding carboxylic acids is 1. The van der Waals surface area contributed by atoms with E-state index < -0.39 is 12.6 Å². The maximum Gasteiger partial charge on any atom is 0.407 e. The summed E-state index contributed by atoms with van der Waals surface area (Å²) in [6.45, 7) is -1.12. The summed E-state index contributed by atoms with van der Waals surface area (Å²) in [6.07, 6.45) is 0. The second kappa shape index (κ2) is 8.77. The van der Waals surface area contributed by atoms with E-state index in [0.717, 1.165) is 12.7 Å². The zero-order chi connectivity index (χ0) is 18.2. The molecule has 7 heteroatoms. The van der Waals surface area contributed by atoms with Crippen molar-refractivity contribution in [1.82, 2.24) is 0 Å². The largest absolute Gasteiger partial charge is 0.489 e. The number of hydrogen-bond acceptors (Lipinski definition) is 5. The van der Waals surface area contributed by atoms with Gasteiger partial charge in [0.15, 0.2) is 5.71 Å². The SMILES string of the molecule is COC(=O)/C(=N\OC(F)F)c1ccccc1COc1ccccc1C. The van der Waals surface area contributed by atoms with Crippen molar-refractivity contribution in [3.63, 3.8) is 0 Å². The van der Waals surface area contributed by atoms with Crippen molar-refractivity contribution in [3.05, 3.63) is 65.2 Å². The van der Waals surface area contributed by atoms with Crippen LogP contribution in [0.25, 0.3) is 0 Å². The molecule has 0 aliphatic rings. The number of carbonyl (C=O) groups is 1. The maximum absolute atomic E-state index is 12.3. The molecule has 0 saturated heterocycles. The van der Waals surface area contributed by atoms with Gasteiger partial charge in [0, 0.05) is 5.56 Å². The van der Waals surface area contributed by atoms with Crippen LogP contribution in [0.5, 0.6) is 5.75 Å². The Morgan fingerprint density at radius 1 is 1.12 bits per heavy atom. The normalized spacial score (nSPS) is 11.3.